The topological polar surface area (TPSA) is 20.2 Å². The summed E-state index contributed by atoms with van der Waals surface area (Å²) in [5.41, 5.74) is 7.64. The summed E-state index contributed by atoms with van der Waals surface area (Å²) >= 11 is 0. The molecule has 0 saturated heterocycles. The number of aliphatic hydroxyl groups is 1. The van der Waals surface area contributed by atoms with Gasteiger partial charge in [-0.05, 0) is 89.0 Å². The van der Waals surface area contributed by atoms with Crippen LogP contribution in [0.1, 0.15) is 105 Å². The van der Waals surface area contributed by atoms with Crippen molar-refractivity contribution in [3.05, 3.63) is 58.7 Å². The fourth-order valence-corrected chi connectivity index (χ4v) is 6.51. The van der Waals surface area contributed by atoms with Crippen molar-refractivity contribution in [2.75, 3.05) is 0 Å². The van der Waals surface area contributed by atoms with Crippen LogP contribution in [0, 0.1) is 29.6 Å². The van der Waals surface area contributed by atoms with Crippen LogP contribution in [0.4, 0.5) is 0 Å². The molecule has 1 nitrogen and oxygen atoms in total. The fraction of sp³-hybridized carbons (Fsp3) is 0.688. The molecule has 0 aromatic heterocycles. The maximum atomic E-state index is 9.65. The van der Waals surface area contributed by atoms with E-state index in [0.717, 1.165) is 31.6 Å². The molecule has 33 heavy (non-hydrogen) atoms. The second kappa shape index (κ2) is 12.4. The summed E-state index contributed by atoms with van der Waals surface area (Å²) in [6.45, 7) is 16.0. The fourth-order valence-electron chi connectivity index (χ4n) is 6.51. The average Bonchev–Trinajstić information content (AvgIpc) is 2.79. The van der Waals surface area contributed by atoms with E-state index in [0.29, 0.717) is 23.7 Å². The van der Waals surface area contributed by atoms with E-state index < -0.39 is 0 Å². The Labute approximate surface area is 204 Å². The van der Waals surface area contributed by atoms with Crippen LogP contribution in [0.5, 0.6) is 0 Å². The van der Waals surface area contributed by atoms with E-state index in [4.69, 9.17) is 0 Å². The molecule has 0 aromatic rings. The highest BCUT2D eigenvalue weighted by molar-refractivity contribution is 5.41. The Balaban J connectivity index is 1.77. The van der Waals surface area contributed by atoms with Gasteiger partial charge in [-0.25, -0.2) is 0 Å². The first-order valence-electron chi connectivity index (χ1n) is 13.9. The van der Waals surface area contributed by atoms with E-state index in [1.165, 1.54) is 61.7 Å². The molecule has 0 aliphatic heterocycles. The molecule has 0 radical (unpaired) electrons. The molecule has 5 atom stereocenters. The van der Waals surface area contributed by atoms with Gasteiger partial charge in [-0.15, -0.1) is 0 Å². The molecule has 0 bridgehead atoms. The van der Waals surface area contributed by atoms with Crippen molar-refractivity contribution in [2.45, 2.75) is 111 Å². The van der Waals surface area contributed by atoms with Crippen molar-refractivity contribution in [2.24, 2.45) is 29.6 Å². The summed E-state index contributed by atoms with van der Waals surface area (Å²) in [7, 11) is 0. The third-order valence-electron chi connectivity index (χ3n) is 8.79. The smallest absolute Gasteiger partial charge is 0.0512 e. The molecule has 184 valence electrons. The van der Waals surface area contributed by atoms with Crippen LogP contribution in [0.3, 0.4) is 0 Å². The number of unbranched alkanes of at least 4 members (excludes halogenated alkanes) is 1. The molecule has 0 heterocycles. The maximum absolute atomic E-state index is 9.65. The summed E-state index contributed by atoms with van der Waals surface area (Å²) in [6, 6.07) is 0. The standard InChI is InChI=1S/C32H50O/c1-22-16-17-24(3)30(18-22)29-19-26(5)31(20-25(4)28-14-8-7-9-15-28)32(21-29)23(2)12-10-11-13-27(6)33/h16-17,19,21,23,27-28,30-33H,4,7-15,18,20H2,1-3,5-6H3. The predicted molar refractivity (Wildman–Crippen MR) is 144 cm³/mol. The lowest BCUT2D eigenvalue weighted by Gasteiger charge is -2.38. The highest BCUT2D eigenvalue weighted by Gasteiger charge is 2.33. The summed E-state index contributed by atoms with van der Waals surface area (Å²) < 4.78 is 0. The number of hydrogen-bond acceptors (Lipinski definition) is 1. The monoisotopic (exact) mass is 450 g/mol. The van der Waals surface area contributed by atoms with Crippen LogP contribution < -0.4 is 0 Å². The third-order valence-corrected chi connectivity index (χ3v) is 8.79. The van der Waals surface area contributed by atoms with Crippen molar-refractivity contribution in [3.8, 4) is 0 Å². The predicted octanol–water partition coefficient (Wildman–Crippen LogP) is 9.12. The van der Waals surface area contributed by atoms with Gasteiger partial charge in [0.1, 0.15) is 0 Å². The van der Waals surface area contributed by atoms with Gasteiger partial charge in [0, 0.05) is 5.92 Å². The first kappa shape index (κ1) is 26.3. The van der Waals surface area contributed by atoms with Crippen molar-refractivity contribution >= 4 is 0 Å². The zero-order valence-corrected chi connectivity index (χ0v) is 22.2. The number of rotatable bonds is 10. The summed E-state index contributed by atoms with van der Waals surface area (Å²) in [5, 5.41) is 9.65. The molecular formula is C32H50O. The van der Waals surface area contributed by atoms with Crippen LogP contribution in [0.15, 0.2) is 58.7 Å². The lowest BCUT2D eigenvalue weighted by atomic mass is 9.67. The van der Waals surface area contributed by atoms with Gasteiger partial charge >= 0.3 is 0 Å². The Bertz CT molecular complexity index is 783. The van der Waals surface area contributed by atoms with E-state index in [1.54, 1.807) is 11.1 Å². The van der Waals surface area contributed by atoms with Gasteiger partial charge in [-0.3, -0.25) is 0 Å². The highest BCUT2D eigenvalue weighted by atomic mass is 16.3. The second-order valence-corrected chi connectivity index (χ2v) is 11.7. The highest BCUT2D eigenvalue weighted by Crippen LogP contribution is 2.45. The van der Waals surface area contributed by atoms with Crippen LogP contribution in [-0.2, 0) is 0 Å². The molecule has 1 heteroatoms. The van der Waals surface area contributed by atoms with Crippen molar-refractivity contribution < 1.29 is 5.11 Å². The molecule has 0 amide bonds. The van der Waals surface area contributed by atoms with Gasteiger partial charge in [0.15, 0.2) is 0 Å². The van der Waals surface area contributed by atoms with E-state index in [-0.39, 0.29) is 6.10 Å². The number of allylic oxidation sites excluding steroid dienone is 9. The quantitative estimate of drug-likeness (QED) is 0.260. The molecule has 1 saturated carbocycles. The van der Waals surface area contributed by atoms with Crippen LogP contribution >= 0.6 is 0 Å². The van der Waals surface area contributed by atoms with Crippen LogP contribution in [0.25, 0.3) is 0 Å². The molecule has 5 unspecified atom stereocenters. The lowest BCUT2D eigenvalue weighted by Crippen LogP contribution is -2.27. The SMILES string of the molecule is C=C(CC1C(C)=CC(C2CC(C)=CC=C2C)=CC1C(C)CCCCC(C)O)C1CCCCC1. The third kappa shape index (κ3) is 7.32. The van der Waals surface area contributed by atoms with Gasteiger partial charge < -0.3 is 5.11 Å². The normalized spacial score (nSPS) is 28.4. The first-order valence-corrected chi connectivity index (χ1v) is 13.9. The zero-order chi connectivity index (χ0) is 24.0. The van der Waals surface area contributed by atoms with Crippen LogP contribution in [0.2, 0.25) is 0 Å². The summed E-state index contributed by atoms with van der Waals surface area (Å²) in [6.07, 6.45) is 23.4. The van der Waals surface area contributed by atoms with E-state index in [9.17, 15) is 5.11 Å². The molecule has 0 aromatic carbocycles. The zero-order valence-electron chi connectivity index (χ0n) is 22.2. The summed E-state index contributed by atoms with van der Waals surface area (Å²) in [4.78, 5) is 0. The Kier molecular flexibility index (Phi) is 9.86. The van der Waals surface area contributed by atoms with Gasteiger partial charge in [0.2, 0.25) is 0 Å². The van der Waals surface area contributed by atoms with Crippen molar-refractivity contribution in [1.29, 1.82) is 0 Å². The minimum atomic E-state index is -0.171. The maximum Gasteiger partial charge on any atom is 0.0512 e. The second-order valence-electron chi connectivity index (χ2n) is 11.7. The Hall–Kier alpha value is -1.34. The molecule has 3 rings (SSSR count). The average molecular weight is 451 g/mol. The lowest BCUT2D eigenvalue weighted by molar-refractivity contribution is 0.178. The summed E-state index contributed by atoms with van der Waals surface area (Å²) in [5.74, 6) is 3.13. The molecule has 3 aliphatic rings. The van der Waals surface area contributed by atoms with E-state index in [1.807, 2.05) is 6.92 Å². The van der Waals surface area contributed by atoms with Gasteiger partial charge in [-0.2, -0.15) is 0 Å². The van der Waals surface area contributed by atoms with Crippen molar-refractivity contribution in [3.63, 3.8) is 0 Å². The van der Waals surface area contributed by atoms with Gasteiger partial charge in [0.05, 0.1) is 6.10 Å². The molecule has 1 fully saturated rings. The number of aliphatic hydroxyl groups excluding tert-OH is 1. The van der Waals surface area contributed by atoms with Crippen molar-refractivity contribution in [1.82, 2.24) is 0 Å². The van der Waals surface area contributed by atoms with E-state index >= 15 is 0 Å². The van der Waals surface area contributed by atoms with E-state index in [2.05, 4.69) is 58.6 Å². The van der Waals surface area contributed by atoms with Gasteiger partial charge in [0.25, 0.3) is 0 Å². The Morgan fingerprint density at radius 3 is 2.39 bits per heavy atom. The largest absolute Gasteiger partial charge is 0.393 e. The molecular weight excluding hydrogens is 400 g/mol. The first-order chi connectivity index (χ1) is 15.8. The molecule has 3 aliphatic carbocycles. The minimum absolute atomic E-state index is 0.171. The molecule has 1 N–H and O–H groups in total. The number of hydrogen-bond donors (Lipinski definition) is 1. The Morgan fingerprint density at radius 2 is 1.70 bits per heavy atom. The molecule has 0 spiro atoms. The minimum Gasteiger partial charge on any atom is -0.393 e. The van der Waals surface area contributed by atoms with Crippen LogP contribution in [-0.4, -0.2) is 11.2 Å². The Morgan fingerprint density at radius 1 is 1.00 bits per heavy atom. The van der Waals surface area contributed by atoms with Gasteiger partial charge in [-0.1, -0.05) is 98.6 Å².